The van der Waals surface area contributed by atoms with E-state index in [-0.39, 0.29) is 0 Å². The van der Waals surface area contributed by atoms with Crippen LogP contribution in [0.4, 0.5) is 0 Å². The minimum absolute atomic E-state index is 0.354. The Hall–Kier alpha value is -2.04. The molecule has 0 heterocycles. The molecule has 0 saturated carbocycles. The molecule has 0 aliphatic rings. The maximum absolute atomic E-state index is 11.6. The zero-order valence-electron chi connectivity index (χ0n) is 10.5. The molecule has 1 amide bonds. The van der Waals surface area contributed by atoms with Crippen molar-refractivity contribution in [2.45, 2.75) is 26.4 Å². The van der Waals surface area contributed by atoms with Gasteiger partial charge < -0.3 is 15.2 Å². The summed E-state index contributed by atoms with van der Waals surface area (Å²) < 4.78 is 10.2. The van der Waals surface area contributed by atoms with Gasteiger partial charge in [0.25, 0.3) is 5.91 Å². The molecular formula is C13H17NO4. The number of carbonyl (C=O) groups excluding carboxylic acids is 2. The molecule has 0 aliphatic carbocycles. The van der Waals surface area contributed by atoms with Gasteiger partial charge in [-0.2, -0.15) is 0 Å². The van der Waals surface area contributed by atoms with E-state index < -0.39 is 18.0 Å². The lowest BCUT2D eigenvalue weighted by atomic mass is 10.2. The van der Waals surface area contributed by atoms with Crippen LogP contribution in [0.2, 0.25) is 0 Å². The summed E-state index contributed by atoms with van der Waals surface area (Å²) in [6.07, 6.45) is -0.0200. The third-order valence-electron chi connectivity index (χ3n) is 2.25. The van der Waals surface area contributed by atoms with Crippen molar-refractivity contribution in [3.63, 3.8) is 0 Å². The van der Waals surface area contributed by atoms with Crippen LogP contribution in [-0.4, -0.2) is 24.6 Å². The topological polar surface area (TPSA) is 78.6 Å². The molecule has 1 aromatic rings. The standard InChI is InChI=1S/C13H17NO4/c1-3-8-17-11-6-4-10(5-7-11)13(16)18-9(2)12(14)15/h4-7,9H,3,8H2,1-2H3,(H2,14,15)/t9-/m1/s1. The molecule has 0 spiro atoms. The summed E-state index contributed by atoms with van der Waals surface area (Å²) in [6.45, 7) is 4.07. The Labute approximate surface area is 106 Å². The molecule has 0 unspecified atom stereocenters. The van der Waals surface area contributed by atoms with Crippen molar-refractivity contribution < 1.29 is 19.1 Å². The largest absolute Gasteiger partial charge is 0.494 e. The van der Waals surface area contributed by atoms with Crippen molar-refractivity contribution in [3.8, 4) is 5.75 Å². The van der Waals surface area contributed by atoms with Gasteiger partial charge in [0.2, 0.25) is 0 Å². The van der Waals surface area contributed by atoms with Gasteiger partial charge in [-0.1, -0.05) is 6.92 Å². The Morgan fingerprint density at radius 3 is 2.39 bits per heavy atom. The van der Waals surface area contributed by atoms with Gasteiger partial charge in [-0.15, -0.1) is 0 Å². The Morgan fingerprint density at radius 2 is 1.89 bits per heavy atom. The van der Waals surface area contributed by atoms with Crippen LogP contribution in [-0.2, 0) is 9.53 Å². The summed E-state index contributed by atoms with van der Waals surface area (Å²) in [6, 6.07) is 6.53. The molecule has 5 heteroatoms. The smallest absolute Gasteiger partial charge is 0.338 e. The first kappa shape index (κ1) is 14.0. The fraction of sp³-hybridized carbons (Fsp3) is 0.385. The second-order valence-corrected chi connectivity index (χ2v) is 3.82. The molecule has 0 aromatic heterocycles. The van der Waals surface area contributed by atoms with E-state index in [9.17, 15) is 9.59 Å². The van der Waals surface area contributed by atoms with Crippen molar-refractivity contribution in [2.75, 3.05) is 6.61 Å². The number of primary amides is 1. The van der Waals surface area contributed by atoms with Gasteiger partial charge in [0.15, 0.2) is 6.10 Å². The highest BCUT2D eigenvalue weighted by Crippen LogP contribution is 2.13. The van der Waals surface area contributed by atoms with E-state index in [2.05, 4.69) is 0 Å². The number of hydrogen-bond acceptors (Lipinski definition) is 4. The van der Waals surface area contributed by atoms with Crippen molar-refractivity contribution in [1.82, 2.24) is 0 Å². The number of carbonyl (C=O) groups is 2. The highest BCUT2D eigenvalue weighted by Gasteiger charge is 2.15. The van der Waals surface area contributed by atoms with Gasteiger partial charge in [-0.05, 0) is 37.6 Å². The zero-order chi connectivity index (χ0) is 13.5. The average Bonchev–Trinajstić information content (AvgIpc) is 2.36. The summed E-state index contributed by atoms with van der Waals surface area (Å²) >= 11 is 0. The van der Waals surface area contributed by atoms with E-state index in [0.29, 0.717) is 17.9 Å². The van der Waals surface area contributed by atoms with Crippen LogP contribution < -0.4 is 10.5 Å². The first-order valence-electron chi connectivity index (χ1n) is 5.77. The quantitative estimate of drug-likeness (QED) is 0.777. The van der Waals surface area contributed by atoms with Gasteiger partial charge in [0.05, 0.1) is 12.2 Å². The lowest BCUT2D eigenvalue weighted by Gasteiger charge is -2.10. The second-order valence-electron chi connectivity index (χ2n) is 3.82. The maximum atomic E-state index is 11.6. The number of esters is 1. The van der Waals surface area contributed by atoms with Gasteiger partial charge >= 0.3 is 5.97 Å². The van der Waals surface area contributed by atoms with Crippen molar-refractivity contribution in [1.29, 1.82) is 0 Å². The van der Waals surface area contributed by atoms with Crippen LogP contribution >= 0.6 is 0 Å². The summed E-state index contributed by atoms with van der Waals surface area (Å²) in [7, 11) is 0. The van der Waals surface area contributed by atoms with Crippen molar-refractivity contribution in [2.24, 2.45) is 5.73 Å². The fourth-order valence-electron chi connectivity index (χ4n) is 1.19. The number of benzene rings is 1. The summed E-state index contributed by atoms with van der Waals surface area (Å²) in [4.78, 5) is 22.4. The maximum Gasteiger partial charge on any atom is 0.338 e. The van der Waals surface area contributed by atoms with E-state index in [1.165, 1.54) is 6.92 Å². The molecule has 1 atom stereocenters. The summed E-state index contributed by atoms with van der Waals surface area (Å²) in [5.41, 5.74) is 5.36. The van der Waals surface area contributed by atoms with Gasteiger partial charge in [-0.3, -0.25) is 4.79 Å². The Morgan fingerprint density at radius 1 is 1.28 bits per heavy atom. The van der Waals surface area contributed by atoms with E-state index in [1.807, 2.05) is 6.92 Å². The van der Waals surface area contributed by atoms with Crippen LogP contribution in [0.1, 0.15) is 30.6 Å². The third kappa shape index (κ3) is 4.08. The highest BCUT2D eigenvalue weighted by atomic mass is 16.5. The minimum atomic E-state index is -0.937. The van der Waals surface area contributed by atoms with Crippen molar-refractivity contribution in [3.05, 3.63) is 29.8 Å². The van der Waals surface area contributed by atoms with E-state index in [1.54, 1.807) is 24.3 Å². The molecule has 5 nitrogen and oxygen atoms in total. The van der Waals surface area contributed by atoms with Gasteiger partial charge in [0, 0.05) is 0 Å². The predicted molar refractivity (Wildman–Crippen MR) is 66.3 cm³/mol. The lowest BCUT2D eigenvalue weighted by Crippen LogP contribution is -2.30. The predicted octanol–water partition coefficient (Wildman–Crippen LogP) is 1.51. The molecule has 0 saturated heterocycles. The van der Waals surface area contributed by atoms with E-state index >= 15 is 0 Å². The monoisotopic (exact) mass is 251 g/mol. The highest BCUT2D eigenvalue weighted by molar-refractivity contribution is 5.92. The average molecular weight is 251 g/mol. The second kappa shape index (κ2) is 6.64. The SMILES string of the molecule is CCCOc1ccc(C(=O)O[C@H](C)C(N)=O)cc1. The molecule has 0 fully saturated rings. The first-order chi connectivity index (χ1) is 8.54. The summed E-state index contributed by atoms with van der Waals surface area (Å²) in [5.74, 6) is -0.564. The molecule has 1 rings (SSSR count). The number of ether oxygens (including phenoxy) is 2. The Kier molecular flexibility index (Phi) is 5.17. The van der Waals surface area contributed by atoms with Gasteiger partial charge in [-0.25, -0.2) is 4.79 Å². The molecule has 18 heavy (non-hydrogen) atoms. The molecule has 0 aliphatic heterocycles. The van der Waals surface area contributed by atoms with Crippen LogP contribution in [0.3, 0.4) is 0 Å². The lowest BCUT2D eigenvalue weighted by molar-refractivity contribution is -0.125. The van der Waals surface area contributed by atoms with Crippen LogP contribution in [0, 0.1) is 0 Å². The molecule has 0 bridgehead atoms. The Balaban J connectivity index is 2.61. The van der Waals surface area contributed by atoms with E-state index in [4.69, 9.17) is 15.2 Å². The van der Waals surface area contributed by atoms with Crippen LogP contribution in [0.25, 0.3) is 0 Å². The third-order valence-corrected chi connectivity index (χ3v) is 2.25. The Bertz CT molecular complexity index is 414. The number of amides is 1. The number of rotatable bonds is 6. The van der Waals surface area contributed by atoms with Crippen molar-refractivity contribution >= 4 is 11.9 Å². The number of nitrogens with two attached hydrogens (primary N) is 1. The van der Waals surface area contributed by atoms with Gasteiger partial charge in [0.1, 0.15) is 5.75 Å². The molecular weight excluding hydrogens is 234 g/mol. The number of hydrogen-bond donors (Lipinski definition) is 1. The zero-order valence-corrected chi connectivity index (χ0v) is 10.5. The minimum Gasteiger partial charge on any atom is -0.494 e. The molecule has 2 N–H and O–H groups in total. The molecule has 0 radical (unpaired) electrons. The molecule has 98 valence electrons. The summed E-state index contributed by atoms with van der Waals surface area (Å²) in [5, 5.41) is 0. The van der Waals surface area contributed by atoms with E-state index in [0.717, 1.165) is 6.42 Å². The van der Waals surface area contributed by atoms with Crippen LogP contribution in [0.5, 0.6) is 5.75 Å². The van der Waals surface area contributed by atoms with Crippen LogP contribution in [0.15, 0.2) is 24.3 Å². The first-order valence-corrected chi connectivity index (χ1v) is 5.77. The normalized spacial score (nSPS) is 11.7. The fourth-order valence-corrected chi connectivity index (χ4v) is 1.19. The molecule has 1 aromatic carbocycles.